The van der Waals surface area contributed by atoms with Crippen LogP contribution in [-0.2, 0) is 13.8 Å². The molecule has 1 fully saturated rings. The molecule has 3 unspecified atom stereocenters. The Bertz CT molecular complexity index is 1200. The first-order chi connectivity index (χ1) is 16.2. The summed E-state index contributed by atoms with van der Waals surface area (Å²) in [5, 5.41) is 36.3. The minimum Gasteiger partial charge on any atom is -0.387 e. The zero-order valence-electron chi connectivity index (χ0n) is 20.7. The summed E-state index contributed by atoms with van der Waals surface area (Å²) < 4.78 is 27.9. The summed E-state index contributed by atoms with van der Waals surface area (Å²) in [5.74, 6) is 1.24. The van der Waals surface area contributed by atoms with Gasteiger partial charge in [0.15, 0.2) is 29.7 Å². The molecule has 0 aliphatic carbocycles. The fourth-order valence-electron chi connectivity index (χ4n) is 4.38. The van der Waals surface area contributed by atoms with Crippen molar-refractivity contribution in [1.82, 2.24) is 14.5 Å². The van der Waals surface area contributed by atoms with Crippen molar-refractivity contribution in [3.05, 3.63) is 12.7 Å². The molecule has 14 heteroatoms. The van der Waals surface area contributed by atoms with Crippen LogP contribution in [-0.4, -0.2) is 76.9 Å². The molecule has 2 aromatic rings. The van der Waals surface area contributed by atoms with E-state index in [1.54, 1.807) is 48.3 Å². The largest absolute Gasteiger partial charge is 0.387 e. The fraction of sp³-hybridized carbons (Fsp3) is 0.714. The predicted molar refractivity (Wildman–Crippen MR) is 126 cm³/mol. The topological polar surface area (TPSA) is 167 Å². The number of nitrogens with zero attached hydrogens (tertiary/aromatic N) is 6. The van der Waals surface area contributed by atoms with Crippen LogP contribution in [0.5, 0.6) is 0 Å². The van der Waals surface area contributed by atoms with Crippen molar-refractivity contribution < 1.29 is 38.6 Å². The molecule has 2 aliphatic rings. The van der Waals surface area contributed by atoms with E-state index in [4.69, 9.17) is 9.26 Å². The number of aliphatic hydroxyl groups is 3. The molecule has 0 saturated carbocycles. The van der Waals surface area contributed by atoms with E-state index in [1.165, 1.54) is 13.3 Å². The van der Waals surface area contributed by atoms with Gasteiger partial charge < -0.3 is 29.5 Å². The molecular formula is C21H34N6O7P+. The molecule has 13 nitrogen and oxygen atoms in total. The van der Waals surface area contributed by atoms with Crippen LogP contribution in [0.25, 0.3) is 11.2 Å². The molecular weight excluding hydrogens is 479 g/mol. The van der Waals surface area contributed by atoms with Crippen molar-refractivity contribution in [3.63, 3.8) is 0 Å². The van der Waals surface area contributed by atoms with Gasteiger partial charge in [-0.15, -0.1) is 5.10 Å². The lowest BCUT2D eigenvalue weighted by atomic mass is 9.93. The first kappa shape index (κ1) is 26.1. The van der Waals surface area contributed by atoms with Crippen LogP contribution >= 0.6 is 7.60 Å². The maximum absolute atomic E-state index is 12.8. The Labute approximate surface area is 203 Å². The molecule has 1 saturated heterocycles. The summed E-state index contributed by atoms with van der Waals surface area (Å²) in [6, 6.07) is 0. The van der Waals surface area contributed by atoms with Crippen LogP contribution in [0.2, 0.25) is 0 Å². The van der Waals surface area contributed by atoms with Crippen LogP contribution < -0.4 is 9.58 Å². The van der Waals surface area contributed by atoms with Crippen molar-refractivity contribution in [2.24, 2.45) is 5.10 Å². The maximum Gasteiger partial charge on any atom is 0.359 e. The molecule has 4 N–H and O–H groups in total. The van der Waals surface area contributed by atoms with Gasteiger partial charge in [-0.05, 0) is 26.7 Å². The number of ether oxygens (including phenoxy) is 1. The van der Waals surface area contributed by atoms with Crippen LogP contribution in [0.3, 0.4) is 0 Å². The molecule has 0 amide bonds. The Morgan fingerprint density at radius 3 is 2.54 bits per heavy atom. The number of hydrogen-bond donors (Lipinski definition) is 4. The summed E-state index contributed by atoms with van der Waals surface area (Å²) in [5.41, 5.74) is -0.0469. The van der Waals surface area contributed by atoms with Gasteiger partial charge in [0.25, 0.3) is 0 Å². The monoisotopic (exact) mass is 513 g/mol. The van der Waals surface area contributed by atoms with Gasteiger partial charge in [0.2, 0.25) is 11.7 Å². The van der Waals surface area contributed by atoms with Gasteiger partial charge in [-0.25, -0.2) is 14.1 Å². The fourth-order valence-corrected chi connectivity index (χ4v) is 5.78. The highest BCUT2D eigenvalue weighted by molar-refractivity contribution is 7.54. The Morgan fingerprint density at radius 1 is 1.23 bits per heavy atom. The van der Waals surface area contributed by atoms with Gasteiger partial charge in [0.1, 0.15) is 12.2 Å². The lowest BCUT2D eigenvalue weighted by Crippen LogP contribution is -2.46. The molecule has 4 heterocycles. The quantitative estimate of drug-likeness (QED) is 0.293. The molecule has 0 aromatic carbocycles. The van der Waals surface area contributed by atoms with Gasteiger partial charge in [-0.3, -0.25) is 4.57 Å². The van der Waals surface area contributed by atoms with Crippen LogP contribution in [0.1, 0.15) is 60.1 Å². The van der Waals surface area contributed by atoms with Crippen molar-refractivity contribution >= 4 is 30.4 Å². The van der Waals surface area contributed by atoms with Gasteiger partial charge in [-0.2, -0.15) is 4.98 Å². The number of hydrogen-bond acceptors (Lipinski definition) is 10. The second-order valence-electron chi connectivity index (χ2n) is 9.67. The summed E-state index contributed by atoms with van der Waals surface area (Å²) >= 11 is 0. The molecule has 2 aliphatic heterocycles. The zero-order valence-corrected chi connectivity index (χ0v) is 21.6. The van der Waals surface area contributed by atoms with Crippen LogP contribution in [0.15, 0.2) is 17.8 Å². The smallest absolute Gasteiger partial charge is 0.359 e. The third-order valence-corrected chi connectivity index (χ3v) is 9.30. The Balaban J connectivity index is 1.63. The maximum atomic E-state index is 12.8. The molecule has 0 radical (unpaired) electrons. The van der Waals surface area contributed by atoms with E-state index < -0.39 is 43.1 Å². The first-order valence-electron chi connectivity index (χ1n) is 11.6. The normalized spacial score (nSPS) is 29.5. The predicted octanol–water partition coefficient (Wildman–Crippen LogP) is 0.849. The van der Waals surface area contributed by atoms with E-state index in [0.717, 1.165) is 0 Å². The average Bonchev–Trinajstić information content (AvgIpc) is 3.31. The SMILES string of the molecule is CCC(C)(C[C@H]1O[C@@H]([n+]2cn3c4c(ncnc42)N(C)N=C3C)[C@H](O)[C@@H]1O)OP(=O)(O)C(C)(O)CC. The molecule has 7 atom stereocenters. The summed E-state index contributed by atoms with van der Waals surface area (Å²) in [4.78, 5) is 19.1. The summed E-state index contributed by atoms with van der Waals surface area (Å²) in [6.07, 6.45) is -1.10. The molecule has 2 aromatic heterocycles. The minimum absolute atomic E-state index is 0.00519. The van der Waals surface area contributed by atoms with E-state index >= 15 is 0 Å². The van der Waals surface area contributed by atoms with Gasteiger partial charge in [-0.1, -0.05) is 18.8 Å². The number of hydrazone groups is 1. The molecule has 0 spiro atoms. The van der Waals surface area contributed by atoms with E-state index in [9.17, 15) is 24.8 Å². The third kappa shape index (κ3) is 4.29. The lowest BCUT2D eigenvalue weighted by Gasteiger charge is -2.37. The van der Waals surface area contributed by atoms with Crippen LogP contribution in [0.4, 0.5) is 5.82 Å². The standard InChI is InChI=1S/C21H33N6O7P/c1-7-20(4,34-35(31,32)21(5,30)8-2)9-13-15(28)16(29)19(33-13)27-11-26-12(3)24-25(6)17-14(26)18(27)23-10-22-17/h10-11,13,15-16,19,28-30H,7-9H2,1-6H3/p+1/t13-,15-,16-,19-,20?,21?/m1/s1. The van der Waals surface area contributed by atoms with E-state index in [-0.39, 0.29) is 12.8 Å². The second-order valence-corrected chi connectivity index (χ2v) is 11.9. The Kier molecular flexibility index (Phi) is 6.59. The second kappa shape index (κ2) is 8.84. The van der Waals surface area contributed by atoms with Crippen molar-refractivity contribution in [2.45, 2.75) is 89.4 Å². The summed E-state index contributed by atoms with van der Waals surface area (Å²) in [6.45, 7) is 8.05. The number of imidazole rings is 1. The highest BCUT2D eigenvalue weighted by atomic mass is 31.2. The highest BCUT2D eigenvalue weighted by Gasteiger charge is 2.52. The van der Waals surface area contributed by atoms with Gasteiger partial charge in [0, 0.05) is 20.4 Å². The summed E-state index contributed by atoms with van der Waals surface area (Å²) in [7, 11) is -2.66. The third-order valence-electron chi connectivity index (χ3n) is 7.07. The Hall–Kier alpha value is -1.99. The number of anilines is 1. The molecule has 35 heavy (non-hydrogen) atoms. The van der Waals surface area contributed by atoms with Crippen molar-refractivity contribution in [1.29, 1.82) is 0 Å². The number of aromatic nitrogens is 4. The van der Waals surface area contributed by atoms with E-state index in [1.807, 2.05) is 6.92 Å². The first-order valence-corrected chi connectivity index (χ1v) is 13.2. The van der Waals surface area contributed by atoms with Crippen LogP contribution in [0, 0.1) is 0 Å². The van der Waals surface area contributed by atoms with Crippen molar-refractivity contribution in [3.8, 4) is 0 Å². The minimum atomic E-state index is -4.43. The van der Waals surface area contributed by atoms with E-state index in [0.29, 0.717) is 29.2 Å². The lowest BCUT2D eigenvalue weighted by molar-refractivity contribution is -0.745. The average molecular weight is 514 g/mol. The zero-order chi connectivity index (χ0) is 25.9. The van der Waals surface area contributed by atoms with E-state index in [2.05, 4.69) is 15.1 Å². The Morgan fingerprint density at radius 2 is 1.91 bits per heavy atom. The highest BCUT2D eigenvalue weighted by Crippen LogP contribution is 2.59. The molecule has 0 bridgehead atoms. The number of rotatable bonds is 8. The van der Waals surface area contributed by atoms with Gasteiger partial charge >= 0.3 is 13.2 Å². The number of aliphatic hydroxyl groups excluding tert-OH is 2. The molecule has 4 rings (SSSR count). The van der Waals surface area contributed by atoms with Crippen molar-refractivity contribution in [2.75, 3.05) is 12.1 Å². The van der Waals surface area contributed by atoms with Gasteiger partial charge in [0.05, 0.1) is 11.7 Å². The molecule has 194 valence electrons.